The summed E-state index contributed by atoms with van der Waals surface area (Å²) in [6.45, 7) is 13.4. The van der Waals surface area contributed by atoms with Gasteiger partial charge in [-0.3, -0.25) is 9.59 Å². The molecule has 0 bridgehead atoms. The minimum Gasteiger partial charge on any atom is -0.480 e. The van der Waals surface area contributed by atoms with Crippen LogP contribution in [0, 0.1) is 16.7 Å². The van der Waals surface area contributed by atoms with Crippen molar-refractivity contribution < 1.29 is 19.4 Å². The molecule has 1 N–H and O–H groups in total. The Hall–Kier alpha value is -1.06. The van der Waals surface area contributed by atoms with Crippen LogP contribution in [-0.2, 0) is 14.3 Å². The van der Waals surface area contributed by atoms with E-state index in [0.29, 0.717) is 18.8 Å². The van der Waals surface area contributed by atoms with Crippen LogP contribution in [0.5, 0.6) is 0 Å². The van der Waals surface area contributed by atoms with E-state index in [1.807, 2.05) is 13.8 Å². The fourth-order valence-electron chi connectivity index (χ4n) is 2.83. The number of carbonyl (C=O) groups is 2. The molecule has 4 heteroatoms. The molecule has 0 saturated heterocycles. The third-order valence-corrected chi connectivity index (χ3v) is 4.32. The van der Waals surface area contributed by atoms with Crippen molar-refractivity contribution in [3.05, 3.63) is 0 Å². The van der Waals surface area contributed by atoms with Crippen LogP contribution < -0.4 is 0 Å². The Bertz CT molecular complexity index is 368. The van der Waals surface area contributed by atoms with Gasteiger partial charge in [0.2, 0.25) is 0 Å². The average Bonchev–Trinajstić information content (AvgIpc) is 2.32. The number of hydrogen-bond donors (Lipinski definition) is 1. The Kier molecular flexibility index (Phi) is 8.13. The van der Waals surface area contributed by atoms with Gasteiger partial charge >= 0.3 is 11.9 Å². The summed E-state index contributed by atoms with van der Waals surface area (Å²) in [5.41, 5.74) is -2.17. The number of esters is 1. The van der Waals surface area contributed by atoms with Gasteiger partial charge in [-0.05, 0) is 37.5 Å². The van der Waals surface area contributed by atoms with Crippen LogP contribution in [0.1, 0.15) is 80.6 Å². The van der Waals surface area contributed by atoms with E-state index in [2.05, 4.69) is 13.8 Å². The van der Waals surface area contributed by atoms with Gasteiger partial charge in [-0.1, -0.05) is 54.4 Å². The lowest BCUT2D eigenvalue weighted by atomic mass is 9.64. The first kappa shape index (κ1) is 20.9. The molecule has 0 heterocycles. The zero-order valence-corrected chi connectivity index (χ0v) is 15.4. The van der Waals surface area contributed by atoms with Crippen LogP contribution in [0.15, 0.2) is 0 Å². The molecule has 0 aliphatic carbocycles. The lowest BCUT2D eigenvalue weighted by molar-refractivity contribution is -0.182. The summed E-state index contributed by atoms with van der Waals surface area (Å²) in [6, 6.07) is 0. The molecule has 2 atom stereocenters. The van der Waals surface area contributed by atoms with Crippen molar-refractivity contribution >= 4 is 11.9 Å². The van der Waals surface area contributed by atoms with Gasteiger partial charge < -0.3 is 9.84 Å². The number of ether oxygens (including phenoxy) is 1. The molecule has 4 nitrogen and oxygen atoms in total. The molecule has 0 amide bonds. The molecule has 0 fully saturated rings. The standard InChI is InChI=1S/C18H34O4/c1-8-12-18(15(19)20,17(5,6)7)16(21)22-14(4)11-9-10-13(2)3/h13-14H,8-12H2,1-7H3,(H,19,20). The fraction of sp³-hybridized carbons (Fsp3) is 0.889. The van der Waals surface area contributed by atoms with Gasteiger partial charge in [0.25, 0.3) is 0 Å². The summed E-state index contributed by atoms with van der Waals surface area (Å²) >= 11 is 0. The highest BCUT2D eigenvalue weighted by atomic mass is 16.5. The van der Waals surface area contributed by atoms with Gasteiger partial charge in [0, 0.05) is 0 Å². The predicted molar refractivity (Wildman–Crippen MR) is 88.7 cm³/mol. The molecular formula is C18H34O4. The van der Waals surface area contributed by atoms with E-state index in [1.165, 1.54) is 0 Å². The quantitative estimate of drug-likeness (QED) is 0.496. The van der Waals surface area contributed by atoms with Crippen LogP contribution in [0.2, 0.25) is 0 Å². The van der Waals surface area contributed by atoms with E-state index >= 15 is 0 Å². The van der Waals surface area contributed by atoms with Gasteiger partial charge in [-0.25, -0.2) is 0 Å². The zero-order valence-electron chi connectivity index (χ0n) is 15.4. The number of aliphatic carboxylic acids is 1. The first-order valence-electron chi connectivity index (χ1n) is 8.43. The van der Waals surface area contributed by atoms with Crippen molar-refractivity contribution in [1.82, 2.24) is 0 Å². The first-order chi connectivity index (χ1) is 9.99. The van der Waals surface area contributed by atoms with Crippen LogP contribution in [0.4, 0.5) is 0 Å². The van der Waals surface area contributed by atoms with Crippen molar-refractivity contribution in [1.29, 1.82) is 0 Å². The Morgan fingerprint density at radius 3 is 2.00 bits per heavy atom. The number of rotatable bonds is 9. The predicted octanol–water partition coefficient (Wildman–Crippen LogP) is 4.66. The monoisotopic (exact) mass is 314 g/mol. The Morgan fingerprint density at radius 2 is 1.64 bits per heavy atom. The minimum absolute atomic E-state index is 0.246. The number of hydrogen-bond acceptors (Lipinski definition) is 3. The third kappa shape index (κ3) is 5.29. The lowest BCUT2D eigenvalue weighted by Gasteiger charge is -2.39. The molecule has 0 spiro atoms. The summed E-state index contributed by atoms with van der Waals surface area (Å²) < 4.78 is 5.52. The normalized spacial score (nSPS) is 16.2. The van der Waals surface area contributed by atoms with E-state index in [0.717, 1.165) is 19.3 Å². The van der Waals surface area contributed by atoms with Crippen LogP contribution in [-0.4, -0.2) is 23.1 Å². The van der Waals surface area contributed by atoms with E-state index < -0.39 is 22.8 Å². The summed E-state index contributed by atoms with van der Waals surface area (Å²) in [4.78, 5) is 24.5. The molecule has 0 aliphatic heterocycles. The van der Waals surface area contributed by atoms with Gasteiger partial charge in [-0.15, -0.1) is 0 Å². The minimum atomic E-state index is -1.48. The topological polar surface area (TPSA) is 63.6 Å². The van der Waals surface area contributed by atoms with Gasteiger partial charge in [0.15, 0.2) is 5.41 Å². The summed E-state index contributed by atoms with van der Waals surface area (Å²) in [6.07, 6.45) is 3.51. The molecule has 0 aromatic carbocycles. The summed E-state index contributed by atoms with van der Waals surface area (Å²) in [5.74, 6) is -1.05. The summed E-state index contributed by atoms with van der Waals surface area (Å²) in [5, 5.41) is 9.72. The van der Waals surface area contributed by atoms with Crippen molar-refractivity contribution in [2.75, 3.05) is 0 Å². The van der Waals surface area contributed by atoms with Gasteiger partial charge in [0.05, 0.1) is 6.10 Å². The maximum atomic E-state index is 12.6. The fourth-order valence-corrected chi connectivity index (χ4v) is 2.83. The molecular weight excluding hydrogens is 280 g/mol. The van der Waals surface area contributed by atoms with E-state index in [9.17, 15) is 14.7 Å². The number of carboxylic acids is 1. The number of carboxylic acid groups (broad SMARTS) is 1. The molecule has 2 unspecified atom stereocenters. The van der Waals surface area contributed by atoms with E-state index in [1.54, 1.807) is 20.8 Å². The van der Waals surface area contributed by atoms with E-state index in [4.69, 9.17) is 4.74 Å². The van der Waals surface area contributed by atoms with Crippen LogP contribution >= 0.6 is 0 Å². The van der Waals surface area contributed by atoms with E-state index in [-0.39, 0.29) is 6.10 Å². The molecule has 130 valence electrons. The SMILES string of the molecule is CCCC(C(=O)O)(C(=O)OC(C)CCCC(C)C)C(C)(C)C. The highest BCUT2D eigenvalue weighted by molar-refractivity contribution is 6.00. The first-order valence-corrected chi connectivity index (χ1v) is 8.43. The van der Waals surface area contributed by atoms with Crippen molar-refractivity contribution in [3.8, 4) is 0 Å². The summed E-state index contributed by atoms with van der Waals surface area (Å²) in [7, 11) is 0. The smallest absolute Gasteiger partial charge is 0.324 e. The molecule has 0 aliphatic rings. The van der Waals surface area contributed by atoms with Crippen LogP contribution in [0.25, 0.3) is 0 Å². The second-order valence-corrected chi connectivity index (χ2v) is 7.75. The molecule has 0 rings (SSSR count). The highest BCUT2D eigenvalue weighted by Crippen LogP contribution is 2.44. The molecule has 0 radical (unpaired) electrons. The molecule has 0 aromatic heterocycles. The largest absolute Gasteiger partial charge is 0.480 e. The Labute approximate surface area is 135 Å². The maximum absolute atomic E-state index is 12.6. The van der Waals surface area contributed by atoms with Crippen LogP contribution in [0.3, 0.4) is 0 Å². The Morgan fingerprint density at radius 1 is 1.09 bits per heavy atom. The van der Waals surface area contributed by atoms with Crippen molar-refractivity contribution in [2.45, 2.75) is 86.7 Å². The van der Waals surface area contributed by atoms with Gasteiger partial charge in [-0.2, -0.15) is 0 Å². The second-order valence-electron chi connectivity index (χ2n) is 7.75. The van der Waals surface area contributed by atoms with Crippen molar-refractivity contribution in [3.63, 3.8) is 0 Å². The molecule has 0 aromatic rings. The molecule has 22 heavy (non-hydrogen) atoms. The maximum Gasteiger partial charge on any atom is 0.324 e. The molecule has 0 saturated carbocycles. The second kappa shape index (κ2) is 8.54. The van der Waals surface area contributed by atoms with Gasteiger partial charge in [0.1, 0.15) is 0 Å². The highest BCUT2D eigenvalue weighted by Gasteiger charge is 2.56. The number of carbonyl (C=O) groups excluding carboxylic acids is 1. The zero-order chi connectivity index (χ0) is 17.6. The Balaban J connectivity index is 5.03. The third-order valence-electron chi connectivity index (χ3n) is 4.32. The van der Waals surface area contributed by atoms with Crippen molar-refractivity contribution in [2.24, 2.45) is 16.7 Å². The lowest BCUT2D eigenvalue weighted by Crippen LogP contribution is -2.51. The average molecular weight is 314 g/mol.